The van der Waals surface area contributed by atoms with Gasteiger partial charge in [-0.2, -0.15) is 0 Å². The fourth-order valence-corrected chi connectivity index (χ4v) is 5.67. The van der Waals surface area contributed by atoms with Gasteiger partial charge in [-0.1, -0.05) is 12.1 Å². The third kappa shape index (κ3) is 3.95. The number of ether oxygens (including phenoxy) is 1. The average molecular weight is 528 g/mol. The number of alkyl halides is 4. The molecular formula is C24H22F6N4O3. The zero-order valence-electron chi connectivity index (χ0n) is 19.2. The van der Waals surface area contributed by atoms with Crippen molar-refractivity contribution in [1.29, 1.82) is 0 Å². The SMILES string of the molecule is OCC(F)(F)COc1ccc(C23CC(C(F)(F)C(O)(Cn4cnnn4)c4ccc(F)cc4F)(C2)C3)cc1. The van der Waals surface area contributed by atoms with Crippen LogP contribution in [0.3, 0.4) is 0 Å². The highest BCUT2D eigenvalue weighted by atomic mass is 19.3. The summed E-state index contributed by atoms with van der Waals surface area (Å²) in [6.45, 7) is -3.23. The summed E-state index contributed by atoms with van der Waals surface area (Å²) in [5.74, 6) is -9.42. The van der Waals surface area contributed by atoms with E-state index in [9.17, 15) is 22.7 Å². The van der Waals surface area contributed by atoms with E-state index in [1.165, 1.54) is 12.1 Å². The van der Waals surface area contributed by atoms with Gasteiger partial charge in [0.15, 0.2) is 12.2 Å². The topological polar surface area (TPSA) is 93.3 Å². The van der Waals surface area contributed by atoms with Crippen LogP contribution in [0, 0.1) is 17.0 Å². The molecule has 0 aliphatic heterocycles. The molecular weight excluding hydrogens is 506 g/mol. The van der Waals surface area contributed by atoms with Crippen LogP contribution in [-0.2, 0) is 17.6 Å². The van der Waals surface area contributed by atoms with Gasteiger partial charge in [-0.15, -0.1) is 5.10 Å². The Labute approximate surface area is 206 Å². The molecule has 3 fully saturated rings. The number of rotatable bonds is 10. The third-order valence-electron chi connectivity index (χ3n) is 7.52. The van der Waals surface area contributed by atoms with Crippen LogP contribution in [0.4, 0.5) is 26.3 Å². The molecule has 2 N–H and O–H groups in total. The summed E-state index contributed by atoms with van der Waals surface area (Å²) in [6, 6.07) is 8.10. The Balaban J connectivity index is 1.37. The molecule has 1 unspecified atom stereocenters. The van der Waals surface area contributed by atoms with Crippen molar-refractivity contribution in [2.45, 2.75) is 48.7 Å². The van der Waals surface area contributed by atoms with E-state index in [1.54, 1.807) is 12.1 Å². The van der Waals surface area contributed by atoms with Gasteiger partial charge in [0, 0.05) is 17.0 Å². The molecule has 7 nitrogen and oxygen atoms in total. The monoisotopic (exact) mass is 528 g/mol. The second kappa shape index (κ2) is 8.42. The van der Waals surface area contributed by atoms with Crippen LogP contribution in [0.15, 0.2) is 48.8 Å². The summed E-state index contributed by atoms with van der Waals surface area (Å²) in [7, 11) is 0. The molecule has 0 saturated heterocycles. The second-order valence-corrected chi connectivity index (χ2v) is 9.98. The van der Waals surface area contributed by atoms with Gasteiger partial charge in [0.2, 0.25) is 0 Å². The lowest BCUT2D eigenvalue weighted by Crippen LogP contribution is -2.76. The molecule has 198 valence electrons. The minimum atomic E-state index is -3.86. The highest BCUT2D eigenvalue weighted by molar-refractivity contribution is 5.44. The van der Waals surface area contributed by atoms with Gasteiger partial charge < -0.3 is 14.9 Å². The van der Waals surface area contributed by atoms with E-state index in [2.05, 4.69) is 15.5 Å². The molecule has 6 rings (SSSR count). The molecule has 13 heteroatoms. The van der Waals surface area contributed by atoms with Crippen molar-refractivity contribution in [1.82, 2.24) is 20.2 Å². The van der Waals surface area contributed by atoms with Crippen LogP contribution in [0.1, 0.15) is 30.4 Å². The Morgan fingerprint density at radius 2 is 1.68 bits per heavy atom. The molecule has 3 saturated carbocycles. The van der Waals surface area contributed by atoms with Gasteiger partial charge in [-0.25, -0.2) is 31.0 Å². The number of aliphatic hydroxyl groups is 2. The first-order chi connectivity index (χ1) is 17.4. The summed E-state index contributed by atoms with van der Waals surface area (Å²) in [6.07, 6.45) is 0.954. The number of benzene rings is 2. The highest BCUT2D eigenvalue weighted by Crippen LogP contribution is 2.80. The van der Waals surface area contributed by atoms with Crippen molar-refractivity contribution in [3.8, 4) is 5.75 Å². The molecule has 3 aliphatic rings. The maximum absolute atomic E-state index is 16.2. The number of hydrogen-bond acceptors (Lipinski definition) is 6. The number of aromatic nitrogens is 4. The summed E-state index contributed by atoms with van der Waals surface area (Å²) in [5, 5.41) is 30.3. The quantitative estimate of drug-likeness (QED) is 0.391. The first kappa shape index (κ1) is 25.5. The lowest BCUT2D eigenvalue weighted by atomic mass is 9.30. The average Bonchev–Trinajstić information content (AvgIpc) is 3.29. The van der Waals surface area contributed by atoms with Crippen molar-refractivity contribution in [3.05, 3.63) is 71.6 Å². The van der Waals surface area contributed by atoms with Gasteiger partial charge >= 0.3 is 5.92 Å². The summed E-state index contributed by atoms with van der Waals surface area (Å²) >= 11 is 0. The van der Waals surface area contributed by atoms with E-state index in [0.717, 1.165) is 23.1 Å². The largest absolute Gasteiger partial charge is 0.487 e. The molecule has 2 bridgehead atoms. The third-order valence-corrected chi connectivity index (χ3v) is 7.52. The molecule has 0 radical (unpaired) electrons. The van der Waals surface area contributed by atoms with Crippen LogP contribution in [0.5, 0.6) is 5.75 Å². The fraction of sp³-hybridized carbons (Fsp3) is 0.458. The van der Waals surface area contributed by atoms with Crippen molar-refractivity contribution < 1.29 is 41.3 Å². The van der Waals surface area contributed by atoms with Crippen LogP contribution in [-0.4, -0.2) is 55.5 Å². The Kier molecular flexibility index (Phi) is 5.79. The van der Waals surface area contributed by atoms with Crippen molar-refractivity contribution in [2.24, 2.45) is 5.41 Å². The van der Waals surface area contributed by atoms with E-state index >= 15 is 8.78 Å². The number of tetrazole rings is 1. The first-order valence-electron chi connectivity index (χ1n) is 11.3. The van der Waals surface area contributed by atoms with Gasteiger partial charge in [0.05, 0.1) is 6.54 Å². The zero-order chi connectivity index (χ0) is 26.7. The van der Waals surface area contributed by atoms with Crippen LogP contribution >= 0.6 is 0 Å². The molecule has 37 heavy (non-hydrogen) atoms. The fourth-order valence-electron chi connectivity index (χ4n) is 5.67. The maximum Gasteiger partial charge on any atom is 0.303 e. The summed E-state index contributed by atoms with van der Waals surface area (Å²) < 4.78 is 92.8. The van der Waals surface area contributed by atoms with Gasteiger partial charge in [0.1, 0.15) is 30.3 Å². The van der Waals surface area contributed by atoms with Crippen molar-refractivity contribution in [3.63, 3.8) is 0 Å². The minimum absolute atomic E-state index is 0.0173. The number of aliphatic hydroxyl groups excluding tert-OH is 1. The lowest BCUT2D eigenvalue weighted by Gasteiger charge is -2.74. The lowest BCUT2D eigenvalue weighted by molar-refractivity contribution is -0.347. The van der Waals surface area contributed by atoms with E-state index in [4.69, 9.17) is 9.84 Å². The van der Waals surface area contributed by atoms with Crippen LogP contribution < -0.4 is 4.74 Å². The minimum Gasteiger partial charge on any atom is -0.487 e. The van der Waals surface area contributed by atoms with Gasteiger partial charge in [0.25, 0.3) is 5.92 Å². The van der Waals surface area contributed by atoms with E-state index in [0.29, 0.717) is 11.6 Å². The smallest absolute Gasteiger partial charge is 0.303 e. The maximum atomic E-state index is 16.2. The molecule has 0 spiro atoms. The highest BCUT2D eigenvalue weighted by Gasteiger charge is 2.82. The number of nitrogens with zero attached hydrogens (tertiary/aromatic N) is 4. The predicted molar refractivity (Wildman–Crippen MR) is 115 cm³/mol. The first-order valence-corrected chi connectivity index (χ1v) is 11.3. The van der Waals surface area contributed by atoms with Gasteiger partial charge in [-0.3, -0.25) is 0 Å². The number of hydrogen-bond donors (Lipinski definition) is 2. The Hall–Kier alpha value is -3.19. The Bertz CT molecular complexity index is 1270. The molecule has 2 aromatic carbocycles. The predicted octanol–water partition coefficient (Wildman–Crippen LogP) is 3.60. The zero-order valence-corrected chi connectivity index (χ0v) is 19.2. The molecule has 3 aromatic rings. The van der Waals surface area contributed by atoms with Crippen LogP contribution in [0.2, 0.25) is 0 Å². The normalized spacial score (nSPS) is 24.6. The molecule has 1 heterocycles. The van der Waals surface area contributed by atoms with E-state index in [-0.39, 0.29) is 25.0 Å². The standard InChI is InChI=1S/C24H22F6N4O3/c25-16-3-6-18(19(26)7-16)23(36,11-34-14-31-32-33-34)24(29,30)21-8-20(9-21,10-21)15-1-4-17(5-2-15)37-13-22(27,28)12-35/h1-7,14,35-36H,8-13H2. The van der Waals surface area contributed by atoms with Crippen LogP contribution in [0.25, 0.3) is 0 Å². The molecule has 1 aromatic heterocycles. The molecule has 3 aliphatic carbocycles. The summed E-state index contributed by atoms with van der Waals surface area (Å²) in [5.41, 5.74) is -5.43. The second-order valence-electron chi connectivity index (χ2n) is 9.98. The van der Waals surface area contributed by atoms with Crippen molar-refractivity contribution >= 4 is 0 Å². The Morgan fingerprint density at radius 3 is 2.24 bits per heavy atom. The van der Waals surface area contributed by atoms with Gasteiger partial charge in [-0.05, 0) is 64.9 Å². The summed E-state index contributed by atoms with van der Waals surface area (Å²) in [4.78, 5) is 0. The van der Waals surface area contributed by atoms with Crippen molar-refractivity contribution in [2.75, 3.05) is 13.2 Å². The molecule has 0 amide bonds. The Morgan fingerprint density at radius 1 is 1.00 bits per heavy atom. The van der Waals surface area contributed by atoms with E-state index in [1.807, 2.05) is 0 Å². The number of halogens is 6. The molecule has 1 atom stereocenters. The van der Waals surface area contributed by atoms with E-state index < -0.39 is 65.2 Å².